The minimum atomic E-state index is -0.936. The summed E-state index contributed by atoms with van der Waals surface area (Å²) in [4.78, 5) is 23.0. The minimum Gasteiger partial charge on any atom is -0.466 e. The van der Waals surface area contributed by atoms with Crippen molar-refractivity contribution in [3.8, 4) is 0 Å². The molecule has 0 aliphatic heterocycles. The fraction of sp³-hybridized carbons (Fsp3) is 0.467. The molecule has 6 heteroatoms. The maximum absolute atomic E-state index is 13.3. The molecule has 4 nitrogen and oxygen atoms in total. The molecule has 0 fully saturated rings. The molecule has 21 heavy (non-hydrogen) atoms. The van der Waals surface area contributed by atoms with Crippen LogP contribution < -0.4 is 5.32 Å². The fourth-order valence-corrected chi connectivity index (χ4v) is 1.69. The van der Waals surface area contributed by atoms with Crippen molar-refractivity contribution in [1.82, 2.24) is 5.32 Å². The number of ether oxygens (including phenoxy) is 1. The number of carbonyl (C=O) groups excluding carboxylic acids is 2. The number of halogens is 2. The Balaban J connectivity index is 2.32. The molecular weight excluding hydrogens is 280 g/mol. The molecule has 0 aliphatic carbocycles. The van der Waals surface area contributed by atoms with Gasteiger partial charge < -0.3 is 10.1 Å². The van der Waals surface area contributed by atoms with E-state index in [0.29, 0.717) is 6.61 Å². The first-order valence-corrected chi connectivity index (χ1v) is 6.94. The summed E-state index contributed by atoms with van der Waals surface area (Å²) in [5.74, 6) is -3.20. The summed E-state index contributed by atoms with van der Waals surface area (Å²) in [6, 6.07) is 3.18. The first-order chi connectivity index (χ1) is 10.1. The van der Waals surface area contributed by atoms with E-state index in [-0.39, 0.29) is 13.0 Å². The van der Waals surface area contributed by atoms with Crippen molar-refractivity contribution in [1.29, 1.82) is 0 Å². The predicted octanol–water partition coefficient (Wildman–Crippen LogP) is 2.82. The standard InChI is InChI=1S/C15H19F2NO3/c1-2-3-4-10-21-13(19)8-9-18-15(20)14-11(16)6-5-7-12(14)17/h5-7H,2-4,8-10H2,1H3,(H,18,20). The molecule has 0 spiro atoms. The Morgan fingerprint density at radius 3 is 2.48 bits per heavy atom. The maximum atomic E-state index is 13.3. The van der Waals surface area contributed by atoms with Crippen LogP contribution in [-0.4, -0.2) is 25.0 Å². The molecule has 1 rings (SSSR count). The molecule has 0 aromatic heterocycles. The van der Waals surface area contributed by atoms with Gasteiger partial charge in [-0.05, 0) is 18.6 Å². The second-order valence-corrected chi connectivity index (χ2v) is 4.53. The second kappa shape index (κ2) is 9.05. The number of benzene rings is 1. The van der Waals surface area contributed by atoms with Gasteiger partial charge in [0.25, 0.3) is 5.91 Å². The van der Waals surface area contributed by atoms with Crippen LogP contribution in [0.15, 0.2) is 18.2 Å². The van der Waals surface area contributed by atoms with Crippen LogP contribution >= 0.6 is 0 Å². The van der Waals surface area contributed by atoms with Crippen LogP contribution in [0.25, 0.3) is 0 Å². The fourth-order valence-electron chi connectivity index (χ4n) is 1.69. The van der Waals surface area contributed by atoms with E-state index in [0.717, 1.165) is 31.4 Å². The first kappa shape index (κ1) is 17.1. The van der Waals surface area contributed by atoms with E-state index >= 15 is 0 Å². The molecule has 0 unspecified atom stereocenters. The van der Waals surface area contributed by atoms with Crippen LogP contribution in [0.2, 0.25) is 0 Å². The molecule has 0 atom stereocenters. The van der Waals surface area contributed by atoms with E-state index in [1.54, 1.807) is 0 Å². The van der Waals surface area contributed by atoms with Crippen molar-refractivity contribution in [3.05, 3.63) is 35.4 Å². The molecule has 1 aromatic carbocycles. The zero-order valence-corrected chi connectivity index (χ0v) is 12.0. The Hall–Kier alpha value is -1.98. The smallest absolute Gasteiger partial charge is 0.307 e. The van der Waals surface area contributed by atoms with Gasteiger partial charge in [-0.1, -0.05) is 25.8 Å². The number of unbranched alkanes of at least 4 members (excludes halogenated alkanes) is 2. The Labute approximate surface area is 122 Å². The van der Waals surface area contributed by atoms with E-state index in [2.05, 4.69) is 5.32 Å². The van der Waals surface area contributed by atoms with Crippen molar-refractivity contribution < 1.29 is 23.1 Å². The number of nitrogens with one attached hydrogen (secondary N) is 1. The van der Waals surface area contributed by atoms with Crippen LogP contribution in [0.5, 0.6) is 0 Å². The third-order valence-electron chi connectivity index (χ3n) is 2.82. The summed E-state index contributed by atoms with van der Waals surface area (Å²) in [7, 11) is 0. The van der Waals surface area contributed by atoms with Gasteiger partial charge in [-0.25, -0.2) is 8.78 Å². The highest BCUT2D eigenvalue weighted by Gasteiger charge is 2.16. The summed E-state index contributed by atoms with van der Waals surface area (Å²) in [5.41, 5.74) is -0.645. The maximum Gasteiger partial charge on any atom is 0.307 e. The highest BCUT2D eigenvalue weighted by atomic mass is 19.1. The van der Waals surface area contributed by atoms with Gasteiger partial charge in [-0.3, -0.25) is 9.59 Å². The van der Waals surface area contributed by atoms with E-state index in [1.807, 2.05) is 6.92 Å². The van der Waals surface area contributed by atoms with E-state index < -0.39 is 29.1 Å². The second-order valence-electron chi connectivity index (χ2n) is 4.53. The molecule has 0 saturated heterocycles. The quantitative estimate of drug-likeness (QED) is 0.593. The lowest BCUT2D eigenvalue weighted by Gasteiger charge is -2.07. The number of carbonyl (C=O) groups is 2. The van der Waals surface area contributed by atoms with Crippen molar-refractivity contribution in [2.24, 2.45) is 0 Å². The highest BCUT2D eigenvalue weighted by molar-refractivity contribution is 5.94. The topological polar surface area (TPSA) is 55.4 Å². The van der Waals surface area contributed by atoms with Crippen molar-refractivity contribution in [2.75, 3.05) is 13.2 Å². The summed E-state index contributed by atoms with van der Waals surface area (Å²) in [6.07, 6.45) is 2.78. The zero-order chi connectivity index (χ0) is 15.7. The summed E-state index contributed by atoms with van der Waals surface area (Å²) in [6.45, 7) is 2.36. The Morgan fingerprint density at radius 1 is 1.19 bits per heavy atom. The van der Waals surface area contributed by atoms with Crippen LogP contribution in [0.4, 0.5) is 8.78 Å². The van der Waals surface area contributed by atoms with Crippen molar-refractivity contribution in [2.45, 2.75) is 32.6 Å². The van der Waals surface area contributed by atoms with Crippen molar-refractivity contribution >= 4 is 11.9 Å². The molecule has 1 aromatic rings. The van der Waals surface area contributed by atoms with Gasteiger partial charge in [0.05, 0.1) is 13.0 Å². The molecule has 1 N–H and O–H groups in total. The average molecular weight is 299 g/mol. The molecule has 0 aliphatic rings. The van der Waals surface area contributed by atoms with Crippen LogP contribution in [-0.2, 0) is 9.53 Å². The van der Waals surface area contributed by atoms with Gasteiger partial charge in [0, 0.05) is 6.54 Å². The third kappa shape index (κ3) is 5.89. The molecule has 0 saturated carbocycles. The van der Waals surface area contributed by atoms with Gasteiger partial charge in [-0.2, -0.15) is 0 Å². The summed E-state index contributed by atoms with van der Waals surface area (Å²) < 4.78 is 31.6. The lowest BCUT2D eigenvalue weighted by Crippen LogP contribution is -2.28. The number of rotatable bonds is 8. The molecule has 116 valence electrons. The average Bonchev–Trinajstić information content (AvgIpc) is 2.43. The molecule has 1 amide bonds. The minimum absolute atomic E-state index is 0.0286. The molecule has 0 heterocycles. The Kier molecular flexibility index (Phi) is 7.36. The number of esters is 1. The first-order valence-electron chi connectivity index (χ1n) is 6.94. The van der Waals surface area contributed by atoms with Crippen LogP contribution in [0, 0.1) is 11.6 Å². The van der Waals surface area contributed by atoms with E-state index in [4.69, 9.17) is 4.74 Å². The van der Waals surface area contributed by atoms with Crippen LogP contribution in [0.1, 0.15) is 43.0 Å². The van der Waals surface area contributed by atoms with Gasteiger partial charge in [0.2, 0.25) is 0 Å². The number of amides is 1. The van der Waals surface area contributed by atoms with E-state index in [1.165, 1.54) is 6.07 Å². The van der Waals surface area contributed by atoms with Gasteiger partial charge in [0.15, 0.2) is 0 Å². The highest BCUT2D eigenvalue weighted by Crippen LogP contribution is 2.11. The van der Waals surface area contributed by atoms with Gasteiger partial charge in [0.1, 0.15) is 17.2 Å². The lowest BCUT2D eigenvalue weighted by molar-refractivity contribution is -0.143. The predicted molar refractivity (Wildman–Crippen MR) is 73.8 cm³/mol. The zero-order valence-electron chi connectivity index (χ0n) is 12.0. The van der Waals surface area contributed by atoms with E-state index in [9.17, 15) is 18.4 Å². The SMILES string of the molecule is CCCCCOC(=O)CCNC(=O)c1c(F)cccc1F. The van der Waals surface area contributed by atoms with Crippen LogP contribution in [0.3, 0.4) is 0 Å². The Bertz CT molecular complexity index is 472. The molecule has 0 bridgehead atoms. The monoisotopic (exact) mass is 299 g/mol. The molecular formula is C15H19F2NO3. The van der Waals surface area contributed by atoms with Crippen molar-refractivity contribution in [3.63, 3.8) is 0 Å². The number of hydrogen-bond donors (Lipinski definition) is 1. The summed E-state index contributed by atoms with van der Waals surface area (Å²) >= 11 is 0. The normalized spacial score (nSPS) is 10.2. The van der Waals surface area contributed by atoms with Gasteiger partial charge in [-0.15, -0.1) is 0 Å². The lowest BCUT2D eigenvalue weighted by atomic mass is 10.2. The van der Waals surface area contributed by atoms with Gasteiger partial charge >= 0.3 is 5.97 Å². The number of hydrogen-bond acceptors (Lipinski definition) is 3. The Morgan fingerprint density at radius 2 is 1.86 bits per heavy atom. The third-order valence-corrected chi connectivity index (χ3v) is 2.82. The summed E-state index contributed by atoms with van der Waals surface area (Å²) in [5, 5.41) is 2.29. The molecule has 0 radical (unpaired) electrons. The largest absolute Gasteiger partial charge is 0.466 e.